The van der Waals surface area contributed by atoms with Crippen LogP contribution in [-0.4, -0.2) is 20.1 Å². The standard InChI is InChI=1S/C27H25N3O5/c1-16-11-17(13-19-7-6-10-34-19)25-21(12-16)24(20-8-4-5-9-22(20)28-25)26(32)35-15-18-14-23(31)30(3)27(33)29(18)2/h4-10,13-14,16H,11-12,15H2,1-3H3/b17-13-. The maximum Gasteiger partial charge on any atom is 0.339 e. The first-order chi connectivity index (χ1) is 16.8. The van der Waals surface area contributed by atoms with Crippen molar-refractivity contribution in [3.63, 3.8) is 0 Å². The third kappa shape index (κ3) is 4.12. The normalized spacial score (nSPS) is 16.4. The molecule has 1 aliphatic rings. The largest absolute Gasteiger partial charge is 0.465 e. The third-order valence-corrected chi connectivity index (χ3v) is 6.46. The quantitative estimate of drug-likeness (QED) is 0.421. The van der Waals surface area contributed by atoms with Crippen molar-refractivity contribution in [2.24, 2.45) is 20.0 Å². The summed E-state index contributed by atoms with van der Waals surface area (Å²) in [5, 5.41) is 0.709. The molecule has 1 atom stereocenters. The number of rotatable bonds is 4. The Morgan fingerprint density at radius 2 is 1.94 bits per heavy atom. The lowest BCUT2D eigenvalue weighted by Crippen LogP contribution is -2.38. The highest BCUT2D eigenvalue weighted by molar-refractivity contribution is 6.06. The summed E-state index contributed by atoms with van der Waals surface area (Å²) in [5.74, 6) is 0.501. The molecule has 8 heteroatoms. The van der Waals surface area contributed by atoms with Crippen molar-refractivity contribution >= 4 is 28.5 Å². The summed E-state index contributed by atoms with van der Waals surface area (Å²) in [5.41, 5.74) is 3.17. The second kappa shape index (κ2) is 8.87. The van der Waals surface area contributed by atoms with E-state index in [1.54, 1.807) is 13.3 Å². The van der Waals surface area contributed by atoms with E-state index in [0.717, 1.165) is 33.6 Å². The Balaban J connectivity index is 1.60. The molecule has 1 unspecified atom stereocenters. The summed E-state index contributed by atoms with van der Waals surface area (Å²) in [4.78, 5) is 42.8. The Morgan fingerprint density at radius 1 is 1.14 bits per heavy atom. The number of carbonyl (C=O) groups excluding carboxylic acids is 1. The van der Waals surface area contributed by atoms with E-state index in [4.69, 9.17) is 14.1 Å². The average molecular weight is 472 g/mol. The molecule has 0 bridgehead atoms. The number of furan rings is 1. The zero-order valence-corrected chi connectivity index (χ0v) is 19.8. The maximum absolute atomic E-state index is 13.5. The Kier molecular flexibility index (Phi) is 5.72. The molecule has 0 amide bonds. The number of ether oxygens (including phenoxy) is 1. The summed E-state index contributed by atoms with van der Waals surface area (Å²) >= 11 is 0. The van der Waals surface area contributed by atoms with Crippen LogP contribution >= 0.6 is 0 Å². The molecule has 4 aromatic rings. The predicted molar refractivity (Wildman–Crippen MR) is 132 cm³/mol. The number of benzene rings is 1. The Bertz CT molecular complexity index is 1590. The Hall–Kier alpha value is -4.20. The molecule has 3 heterocycles. The van der Waals surface area contributed by atoms with Gasteiger partial charge in [0.25, 0.3) is 5.56 Å². The molecule has 8 nitrogen and oxygen atoms in total. The predicted octanol–water partition coefficient (Wildman–Crippen LogP) is 3.71. The van der Waals surface area contributed by atoms with E-state index in [1.165, 1.54) is 17.7 Å². The fourth-order valence-corrected chi connectivity index (χ4v) is 4.64. The number of carbonyl (C=O) groups is 1. The van der Waals surface area contributed by atoms with E-state index in [2.05, 4.69) is 6.92 Å². The molecule has 0 fully saturated rings. The van der Waals surface area contributed by atoms with Crippen molar-refractivity contribution in [1.29, 1.82) is 0 Å². The van der Waals surface area contributed by atoms with Crippen LogP contribution in [0.15, 0.2) is 62.7 Å². The van der Waals surface area contributed by atoms with Crippen molar-refractivity contribution in [3.05, 3.63) is 97.8 Å². The summed E-state index contributed by atoms with van der Waals surface area (Å²) < 4.78 is 13.5. The summed E-state index contributed by atoms with van der Waals surface area (Å²) in [6, 6.07) is 12.5. The van der Waals surface area contributed by atoms with Gasteiger partial charge >= 0.3 is 11.7 Å². The zero-order chi connectivity index (χ0) is 24.7. The highest BCUT2D eigenvalue weighted by Gasteiger charge is 2.29. The smallest absolute Gasteiger partial charge is 0.339 e. The van der Waals surface area contributed by atoms with Crippen LogP contribution in [-0.2, 0) is 31.9 Å². The minimum absolute atomic E-state index is 0.198. The van der Waals surface area contributed by atoms with Crippen LogP contribution in [0.5, 0.6) is 0 Å². The second-order valence-corrected chi connectivity index (χ2v) is 8.98. The van der Waals surface area contributed by atoms with E-state index in [9.17, 15) is 14.4 Å². The minimum atomic E-state index is -0.514. The number of aromatic nitrogens is 3. The van der Waals surface area contributed by atoms with Gasteiger partial charge < -0.3 is 9.15 Å². The van der Waals surface area contributed by atoms with Crippen LogP contribution < -0.4 is 11.2 Å². The molecule has 0 radical (unpaired) electrons. The summed E-state index contributed by atoms with van der Waals surface area (Å²) in [6.45, 7) is 1.94. The molecule has 3 aromatic heterocycles. The molecule has 0 saturated carbocycles. The van der Waals surface area contributed by atoms with Crippen LogP contribution in [0.1, 0.15) is 46.4 Å². The third-order valence-electron chi connectivity index (χ3n) is 6.46. The Morgan fingerprint density at radius 3 is 2.71 bits per heavy atom. The molecule has 0 N–H and O–H groups in total. The van der Waals surface area contributed by atoms with Gasteiger partial charge in [-0.25, -0.2) is 14.6 Å². The van der Waals surface area contributed by atoms with Crippen molar-refractivity contribution in [2.45, 2.75) is 26.4 Å². The van der Waals surface area contributed by atoms with Crippen molar-refractivity contribution < 1.29 is 13.9 Å². The highest BCUT2D eigenvalue weighted by atomic mass is 16.5. The number of esters is 1. The van der Waals surface area contributed by atoms with Gasteiger partial charge in [-0.2, -0.15) is 0 Å². The monoisotopic (exact) mass is 471 g/mol. The van der Waals surface area contributed by atoms with Crippen LogP contribution in [0, 0.1) is 5.92 Å². The molecule has 1 aliphatic carbocycles. The van der Waals surface area contributed by atoms with Gasteiger partial charge in [-0.1, -0.05) is 25.1 Å². The van der Waals surface area contributed by atoms with Gasteiger partial charge in [-0.15, -0.1) is 0 Å². The number of fused-ring (bicyclic) bond motifs is 2. The van der Waals surface area contributed by atoms with Crippen LogP contribution in [0.4, 0.5) is 0 Å². The molecule has 1 aromatic carbocycles. The van der Waals surface area contributed by atoms with E-state index in [1.807, 2.05) is 42.5 Å². The lowest BCUT2D eigenvalue weighted by Gasteiger charge is -2.26. The van der Waals surface area contributed by atoms with E-state index in [0.29, 0.717) is 28.6 Å². The van der Waals surface area contributed by atoms with Gasteiger partial charge in [0, 0.05) is 25.5 Å². The number of nitrogens with zero attached hydrogens (tertiary/aromatic N) is 3. The first-order valence-electron chi connectivity index (χ1n) is 11.4. The van der Waals surface area contributed by atoms with Crippen molar-refractivity contribution in [1.82, 2.24) is 14.1 Å². The first kappa shape index (κ1) is 22.6. The van der Waals surface area contributed by atoms with E-state index < -0.39 is 17.2 Å². The molecular formula is C27H25N3O5. The van der Waals surface area contributed by atoms with Crippen molar-refractivity contribution in [2.75, 3.05) is 0 Å². The number of hydrogen-bond donors (Lipinski definition) is 0. The number of allylic oxidation sites excluding steroid dienone is 1. The average Bonchev–Trinajstić information content (AvgIpc) is 3.36. The van der Waals surface area contributed by atoms with Crippen LogP contribution in [0.3, 0.4) is 0 Å². The SMILES string of the molecule is CC1C/C(=C/c2ccco2)c2nc3ccccc3c(C(=O)OCc3cc(=O)n(C)c(=O)n3C)c2C1. The number of pyridine rings is 1. The lowest BCUT2D eigenvalue weighted by atomic mass is 9.81. The van der Waals surface area contributed by atoms with Gasteiger partial charge in [0.2, 0.25) is 0 Å². The van der Waals surface area contributed by atoms with Gasteiger partial charge in [0.1, 0.15) is 12.4 Å². The lowest BCUT2D eigenvalue weighted by molar-refractivity contribution is 0.0463. The van der Waals surface area contributed by atoms with E-state index >= 15 is 0 Å². The van der Waals surface area contributed by atoms with Crippen molar-refractivity contribution in [3.8, 4) is 0 Å². The molecule has 0 aliphatic heterocycles. The van der Waals surface area contributed by atoms with Crippen LogP contribution in [0.25, 0.3) is 22.6 Å². The first-order valence-corrected chi connectivity index (χ1v) is 11.4. The van der Waals surface area contributed by atoms with Crippen LogP contribution in [0.2, 0.25) is 0 Å². The second-order valence-electron chi connectivity index (χ2n) is 8.98. The molecule has 178 valence electrons. The number of para-hydroxylation sites is 1. The number of hydrogen-bond acceptors (Lipinski definition) is 6. The maximum atomic E-state index is 13.5. The molecular weight excluding hydrogens is 446 g/mol. The Labute approximate surface area is 201 Å². The molecule has 35 heavy (non-hydrogen) atoms. The molecule has 0 saturated heterocycles. The minimum Gasteiger partial charge on any atom is -0.465 e. The zero-order valence-electron chi connectivity index (χ0n) is 19.8. The van der Waals surface area contributed by atoms with Gasteiger partial charge in [0.05, 0.1) is 28.7 Å². The molecule has 5 rings (SSSR count). The van der Waals surface area contributed by atoms with Gasteiger partial charge in [-0.3, -0.25) is 13.9 Å². The fourth-order valence-electron chi connectivity index (χ4n) is 4.64. The van der Waals surface area contributed by atoms with Gasteiger partial charge in [0.15, 0.2) is 0 Å². The summed E-state index contributed by atoms with van der Waals surface area (Å²) in [7, 11) is 2.95. The van der Waals surface area contributed by atoms with E-state index in [-0.39, 0.29) is 12.5 Å². The summed E-state index contributed by atoms with van der Waals surface area (Å²) in [6.07, 6.45) is 5.09. The van der Waals surface area contributed by atoms with Gasteiger partial charge in [-0.05, 0) is 54.2 Å². The highest BCUT2D eigenvalue weighted by Crippen LogP contribution is 2.38. The topological polar surface area (TPSA) is 96.3 Å². The molecule has 0 spiro atoms. The fraction of sp³-hybridized carbons (Fsp3) is 0.259.